The predicted octanol–water partition coefficient (Wildman–Crippen LogP) is 0.961. The Morgan fingerprint density at radius 1 is 1.53 bits per heavy atom. The minimum atomic E-state index is -1.09. The van der Waals surface area contributed by atoms with Gasteiger partial charge in [0.05, 0.1) is 6.33 Å². The maximum absolute atomic E-state index is 12.0. The molecule has 2 aromatic heterocycles. The van der Waals surface area contributed by atoms with Crippen LogP contribution in [0.5, 0.6) is 0 Å². The number of rotatable bonds is 3. The summed E-state index contributed by atoms with van der Waals surface area (Å²) in [5, 5.41) is 8.91. The molecule has 0 bridgehead atoms. The number of hydrogen-bond acceptors (Lipinski definition) is 5. The van der Waals surface area contributed by atoms with Crippen LogP contribution >= 0.6 is 11.5 Å². The largest absolute Gasteiger partial charge is 0.477 e. The summed E-state index contributed by atoms with van der Waals surface area (Å²) >= 11 is 0.803. The van der Waals surface area contributed by atoms with Crippen LogP contribution in [0.25, 0.3) is 11.0 Å². The van der Waals surface area contributed by atoms with Gasteiger partial charge in [-0.2, -0.15) is 4.37 Å². The molecule has 0 atom stereocenters. The molecule has 0 saturated heterocycles. The van der Waals surface area contributed by atoms with E-state index in [0.29, 0.717) is 12.5 Å². The summed E-state index contributed by atoms with van der Waals surface area (Å²) in [5.41, 5.74) is 0.112. The Balaban J connectivity index is 2.14. The number of carboxylic acids is 1. The second-order valence-corrected chi connectivity index (χ2v) is 4.93. The highest BCUT2D eigenvalue weighted by Crippen LogP contribution is 2.30. The van der Waals surface area contributed by atoms with Crippen LogP contribution in [0.3, 0.4) is 0 Å². The van der Waals surface area contributed by atoms with E-state index in [1.165, 1.54) is 10.9 Å². The van der Waals surface area contributed by atoms with Crippen molar-refractivity contribution in [3.8, 4) is 0 Å². The van der Waals surface area contributed by atoms with Crippen LogP contribution in [0.4, 0.5) is 0 Å². The number of aromatic nitrogens is 3. The summed E-state index contributed by atoms with van der Waals surface area (Å²) in [5.74, 6) is -0.533. The van der Waals surface area contributed by atoms with E-state index in [0.717, 1.165) is 24.4 Å². The van der Waals surface area contributed by atoms with E-state index in [2.05, 4.69) is 9.36 Å². The molecule has 1 aliphatic carbocycles. The van der Waals surface area contributed by atoms with Gasteiger partial charge in [0.15, 0.2) is 10.4 Å². The Morgan fingerprint density at radius 2 is 2.29 bits per heavy atom. The monoisotopic (exact) mass is 251 g/mol. The molecule has 0 spiro atoms. The lowest BCUT2D eigenvalue weighted by atomic mass is 10.3. The third-order valence-electron chi connectivity index (χ3n) is 2.80. The van der Waals surface area contributed by atoms with Gasteiger partial charge in [-0.25, -0.2) is 9.78 Å². The number of carbonyl (C=O) groups is 1. The van der Waals surface area contributed by atoms with Gasteiger partial charge in [-0.15, -0.1) is 0 Å². The van der Waals surface area contributed by atoms with E-state index in [4.69, 9.17) is 5.11 Å². The first-order valence-corrected chi connectivity index (χ1v) is 6.02. The highest BCUT2D eigenvalue weighted by molar-refractivity contribution is 7.09. The lowest BCUT2D eigenvalue weighted by molar-refractivity contribution is 0.0704. The molecule has 1 aliphatic rings. The molecular weight excluding hydrogens is 242 g/mol. The third kappa shape index (κ3) is 1.72. The Bertz CT molecular complexity index is 656. The Labute approximate surface area is 99.7 Å². The van der Waals surface area contributed by atoms with Crippen molar-refractivity contribution in [3.05, 3.63) is 21.6 Å². The van der Waals surface area contributed by atoms with E-state index in [9.17, 15) is 9.59 Å². The molecule has 0 amide bonds. The van der Waals surface area contributed by atoms with Crippen molar-refractivity contribution in [2.75, 3.05) is 0 Å². The standard InChI is InChI=1S/C10H9N3O3S/c14-9-7-6(8(10(15)16)17-12-7)11-4-13(9)3-5-1-2-5/h4-5H,1-3H2,(H,15,16). The quantitative estimate of drug-likeness (QED) is 0.878. The molecule has 1 saturated carbocycles. The zero-order valence-electron chi connectivity index (χ0n) is 8.79. The smallest absolute Gasteiger partial charge is 0.349 e. The number of nitrogens with zero attached hydrogens (tertiary/aromatic N) is 3. The van der Waals surface area contributed by atoms with Gasteiger partial charge in [0.2, 0.25) is 0 Å². The molecule has 1 N–H and O–H groups in total. The van der Waals surface area contributed by atoms with Gasteiger partial charge >= 0.3 is 5.97 Å². The Kier molecular flexibility index (Phi) is 2.22. The van der Waals surface area contributed by atoms with E-state index >= 15 is 0 Å². The van der Waals surface area contributed by atoms with Crippen LogP contribution in [0.1, 0.15) is 22.5 Å². The lowest BCUT2D eigenvalue weighted by Gasteiger charge is -2.02. The molecule has 0 aliphatic heterocycles. The van der Waals surface area contributed by atoms with Gasteiger partial charge in [-0.05, 0) is 30.3 Å². The highest BCUT2D eigenvalue weighted by atomic mass is 32.1. The average Bonchev–Trinajstić information content (AvgIpc) is 2.98. The molecule has 17 heavy (non-hydrogen) atoms. The van der Waals surface area contributed by atoms with Crippen molar-refractivity contribution in [2.45, 2.75) is 19.4 Å². The summed E-state index contributed by atoms with van der Waals surface area (Å²) in [6.45, 7) is 0.654. The first-order chi connectivity index (χ1) is 8.16. The molecule has 0 aromatic carbocycles. The third-order valence-corrected chi connectivity index (χ3v) is 3.63. The number of aromatic carboxylic acids is 1. The molecule has 0 radical (unpaired) electrons. The topological polar surface area (TPSA) is 85.1 Å². The maximum atomic E-state index is 12.0. The van der Waals surface area contributed by atoms with E-state index < -0.39 is 5.97 Å². The van der Waals surface area contributed by atoms with Crippen molar-refractivity contribution in [3.63, 3.8) is 0 Å². The molecule has 2 heterocycles. The van der Waals surface area contributed by atoms with E-state index in [-0.39, 0.29) is 21.5 Å². The van der Waals surface area contributed by atoms with Crippen molar-refractivity contribution >= 4 is 28.5 Å². The first-order valence-electron chi connectivity index (χ1n) is 5.25. The number of carboxylic acid groups (broad SMARTS) is 1. The van der Waals surface area contributed by atoms with Crippen molar-refractivity contribution in [1.29, 1.82) is 0 Å². The van der Waals surface area contributed by atoms with Crippen LogP contribution in [0.15, 0.2) is 11.1 Å². The summed E-state index contributed by atoms with van der Waals surface area (Å²) < 4.78 is 5.41. The Morgan fingerprint density at radius 3 is 2.94 bits per heavy atom. The first kappa shape index (κ1) is 10.4. The van der Waals surface area contributed by atoms with Crippen LogP contribution in [0.2, 0.25) is 0 Å². The fourth-order valence-corrected chi connectivity index (χ4v) is 2.37. The normalized spacial score (nSPS) is 15.3. The second kappa shape index (κ2) is 3.63. The fraction of sp³-hybridized carbons (Fsp3) is 0.400. The second-order valence-electron chi connectivity index (χ2n) is 4.16. The number of fused-ring (bicyclic) bond motifs is 1. The van der Waals surface area contributed by atoms with Gasteiger partial charge in [-0.3, -0.25) is 9.36 Å². The van der Waals surface area contributed by atoms with Crippen LogP contribution in [-0.2, 0) is 6.54 Å². The minimum Gasteiger partial charge on any atom is -0.477 e. The summed E-state index contributed by atoms with van der Waals surface area (Å²) in [4.78, 5) is 26.9. The SMILES string of the molecule is O=C(O)c1snc2c(=O)n(CC3CC3)cnc12. The van der Waals surface area contributed by atoms with Crippen molar-refractivity contribution in [2.24, 2.45) is 5.92 Å². The van der Waals surface area contributed by atoms with Crippen LogP contribution in [0, 0.1) is 5.92 Å². The molecule has 88 valence electrons. The van der Waals surface area contributed by atoms with Gasteiger partial charge < -0.3 is 5.11 Å². The summed E-state index contributed by atoms with van der Waals surface area (Å²) in [7, 11) is 0. The molecular formula is C10H9N3O3S. The molecule has 0 unspecified atom stereocenters. The summed E-state index contributed by atoms with van der Waals surface area (Å²) in [6.07, 6.45) is 3.70. The molecule has 2 aromatic rings. The minimum absolute atomic E-state index is 0.0238. The highest BCUT2D eigenvalue weighted by Gasteiger charge is 2.24. The van der Waals surface area contributed by atoms with Gasteiger partial charge in [0, 0.05) is 6.54 Å². The Hall–Kier alpha value is -1.76. The molecule has 6 nitrogen and oxygen atoms in total. The molecule has 1 fully saturated rings. The van der Waals surface area contributed by atoms with Gasteiger partial charge in [-0.1, -0.05) is 0 Å². The van der Waals surface area contributed by atoms with Crippen molar-refractivity contribution in [1.82, 2.24) is 13.9 Å². The zero-order valence-corrected chi connectivity index (χ0v) is 9.61. The van der Waals surface area contributed by atoms with Crippen LogP contribution in [-0.4, -0.2) is 25.0 Å². The van der Waals surface area contributed by atoms with E-state index in [1.54, 1.807) is 0 Å². The molecule has 7 heteroatoms. The average molecular weight is 251 g/mol. The van der Waals surface area contributed by atoms with E-state index in [1.807, 2.05) is 0 Å². The maximum Gasteiger partial charge on any atom is 0.349 e. The number of hydrogen-bond donors (Lipinski definition) is 1. The zero-order chi connectivity index (χ0) is 12.0. The molecule has 3 rings (SSSR count). The van der Waals surface area contributed by atoms with Crippen molar-refractivity contribution < 1.29 is 9.90 Å². The summed E-state index contributed by atoms with van der Waals surface area (Å²) in [6, 6.07) is 0. The fourth-order valence-electron chi connectivity index (χ4n) is 1.71. The van der Waals surface area contributed by atoms with Gasteiger partial charge in [0.1, 0.15) is 5.52 Å². The van der Waals surface area contributed by atoms with Crippen LogP contribution < -0.4 is 5.56 Å². The van der Waals surface area contributed by atoms with Gasteiger partial charge in [0.25, 0.3) is 5.56 Å². The predicted molar refractivity (Wildman–Crippen MR) is 61.4 cm³/mol. The lowest BCUT2D eigenvalue weighted by Crippen LogP contribution is -2.21.